The quantitative estimate of drug-likeness (QED) is 0.415. The van der Waals surface area contributed by atoms with Crippen molar-refractivity contribution < 1.29 is 13.9 Å². The third-order valence-corrected chi connectivity index (χ3v) is 5.25. The molecule has 1 heterocycles. The Labute approximate surface area is 182 Å². The van der Waals surface area contributed by atoms with Crippen LogP contribution in [0.4, 0.5) is 4.39 Å². The van der Waals surface area contributed by atoms with Crippen LogP contribution in [0.5, 0.6) is 11.5 Å². The highest BCUT2D eigenvalue weighted by molar-refractivity contribution is 9.10. The van der Waals surface area contributed by atoms with Crippen LogP contribution in [0, 0.1) is 10.6 Å². The van der Waals surface area contributed by atoms with E-state index in [0.717, 1.165) is 22.3 Å². The number of benzene rings is 2. The summed E-state index contributed by atoms with van der Waals surface area (Å²) in [5, 5.41) is 6.97. The third kappa shape index (κ3) is 5.16. The molecule has 0 bridgehead atoms. The Hall–Kier alpha value is -2.39. The van der Waals surface area contributed by atoms with Crippen molar-refractivity contribution in [3.63, 3.8) is 0 Å². The van der Waals surface area contributed by atoms with Crippen LogP contribution in [-0.2, 0) is 19.6 Å². The number of aromatic nitrogens is 3. The monoisotopic (exact) mass is 480 g/mol. The van der Waals surface area contributed by atoms with Gasteiger partial charge in [-0.3, -0.25) is 5.10 Å². The van der Waals surface area contributed by atoms with E-state index in [4.69, 9.17) is 21.7 Å². The van der Waals surface area contributed by atoms with Gasteiger partial charge >= 0.3 is 0 Å². The summed E-state index contributed by atoms with van der Waals surface area (Å²) in [6, 6.07) is 10.3. The maximum absolute atomic E-state index is 13.9. The van der Waals surface area contributed by atoms with Crippen molar-refractivity contribution in [2.75, 3.05) is 12.0 Å². The second-order valence-corrected chi connectivity index (χ2v) is 7.41. The van der Waals surface area contributed by atoms with Crippen LogP contribution >= 0.6 is 28.1 Å². The number of H-pyrrole nitrogens is 1. The van der Waals surface area contributed by atoms with Gasteiger partial charge in [0, 0.05) is 16.5 Å². The van der Waals surface area contributed by atoms with Crippen molar-refractivity contribution in [2.45, 2.75) is 33.4 Å². The Bertz CT molecular complexity index is 1040. The van der Waals surface area contributed by atoms with E-state index in [0.29, 0.717) is 35.0 Å². The largest absolute Gasteiger partial charge is 0.490 e. The van der Waals surface area contributed by atoms with Gasteiger partial charge in [-0.1, -0.05) is 41.1 Å². The number of aromatic amines is 1. The summed E-state index contributed by atoms with van der Waals surface area (Å²) in [4.78, 5) is 0. The fourth-order valence-corrected chi connectivity index (χ4v) is 3.44. The van der Waals surface area contributed by atoms with Gasteiger partial charge in [-0.2, -0.15) is 5.10 Å². The molecule has 0 aliphatic heterocycles. The van der Waals surface area contributed by atoms with E-state index in [-0.39, 0.29) is 12.4 Å². The Morgan fingerprint density at radius 3 is 2.66 bits per heavy atom. The zero-order valence-electron chi connectivity index (χ0n) is 16.2. The Balaban J connectivity index is 1.79. The first-order chi connectivity index (χ1) is 14.0. The van der Waals surface area contributed by atoms with Gasteiger partial charge in [0.25, 0.3) is 0 Å². The molecule has 0 atom stereocenters. The van der Waals surface area contributed by atoms with Gasteiger partial charge in [0.2, 0.25) is 4.77 Å². The molecule has 0 saturated carbocycles. The minimum absolute atomic E-state index is 0.112. The first kappa shape index (κ1) is 21.3. The van der Waals surface area contributed by atoms with Crippen molar-refractivity contribution in [1.82, 2.24) is 14.9 Å². The minimum Gasteiger partial charge on any atom is -0.490 e. The average molecular weight is 481 g/mol. The molecule has 0 aliphatic carbocycles. The summed E-state index contributed by atoms with van der Waals surface area (Å²) in [6.07, 6.45) is 0.744. The standard InChI is InChI=1S/C20H22BrFN4O2S/c1-3-19-24-25-20(29)26(19)23-11-14-9-17(27-4-2)18(10-15(14)21)28-12-13-7-5-6-8-16(13)22/h5-10,23H,3-4,11-12H2,1-2H3,(H,25,29). The Morgan fingerprint density at radius 2 is 1.93 bits per heavy atom. The second-order valence-electron chi connectivity index (χ2n) is 6.17. The molecule has 29 heavy (non-hydrogen) atoms. The van der Waals surface area contributed by atoms with Crippen LogP contribution in [-0.4, -0.2) is 21.5 Å². The average Bonchev–Trinajstić information content (AvgIpc) is 3.07. The maximum atomic E-state index is 13.9. The van der Waals surface area contributed by atoms with E-state index < -0.39 is 0 Å². The second kappa shape index (κ2) is 9.89. The summed E-state index contributed by atoms with van der Waals surface area (Å²) >= 11 is 8.85. The fourth-order valence-electron chi connectivity index (χ4n) is 2.76. The predicted octanol–water partition coefficient (Wildman–Crippen LogP) is 5.13. The molecule has 9 heteroatoms. The van der Waals surface area contributed by atoms with Gasteiger partial charge in [-0.25, -0.2) is 9.07 Å². The molecule has 0 aliphatic rings. The van der Waals surface area contributed by atoms with E-state index in [2.05, 4.69) is 31.6 Å². The molecule has 3 rings (SSSR count). The van der Waals surface area contributed by atoms with Crippen LogP contribution in [0.2, 0.25) is 0 Å². The molecule has 154 valence electrons. The molecular weight excluding hydrogens is 459 g/mol. The van der Waals surface area contributed by atoms with E-state index in [1.807, 2.05) is 26.0 Å². The lowest BCUT2D eigenvalue weighted by molar-refractivity contribution is 0.265. The smallest absolute Gasteiger partial charge is 0.214 e. The molecule has 0 fully saturated rings. The van der Waals surface area contributed by atoms with Crippen molar-refractivity contribution >= 4 is 28.1 Å². The number of rotatable bonds is 9. The van der Waals surface area contributed by atoms with Gasteiger partial charge in [-0.15, -0.1) is 0 Å². The van der Waals surface area contributed by atoms with Crippen LogP contribution in [0.3, 0.4) is 0 Å². The first-order valence-corrected chi connectivity index (χ1v) is 10.4. The molecule has 1 aromatic heterocycles. The predicted molar refractivity (Wildman–Crippen MR) is 116 cm³/mol. The summed E-state index contributed by atoms with van der Waals surface area (Å²) in [5.74, 6) is 1.66. The zero-order chi connectivity index (χ0) is 20.8. The SMILES string of the molecule is CCOc1cc(CNn2c(CC)n[nH]c2=S)c(Br)cc1OCc1ccccc1F. The molecule has 6 nitrogen and oxygen atoms in total. The zero-order valence-corrected chi connectivity index (χ0v) is 18.6. The summed E-state index contributed by atoms with van der Waals surface area (Å²) < 4.78 is 28.6. The van der Waals surface area contributed by atoms with Crippen molar-refractivity contribution in [1.29, 1.82) is 0 Å². The molecule has 0 spiro atoms. The molecule has 0 radical (unpaired) electrons. The normalized spacial score (nSPS) is 10.8. The fraction of sp³-hybridized carbons (Fsp3) is 0.300. The van der Waals surface area contributed by atoms with Gasteiger partial charge in [0.1, 0.15) is 12.4 Å². The summed E-state index contributed by atoms with van der Waals surface area (Å²) in [6.45, 7) is 5.00. The Kier molecular flexibility index (Phi) is 7.27. The van der Waals surface area contributed by atoms with Gasteiger partial charge in [-0.05, 0) is 42.9 Å². The lowest BCUT2D eigenvalue weighted by Crippen LogP contribution is -2.17. The Morgan fingerprint density at radius 1 is 1.17 bits per heavy atom. The highest BCUT2D eigenvalue weighted by Crippen LogP contribution is 2.34. The molecule has 0 amide bonds. The molecular formula is C20H22BrFN4O2S. The number of hydrogen-bond acceptors (Lipinski definition) is 5. The molecule has 2 aromatic carbocycles. The van der Waals surface area contributed by atoms with Crippen LogP contribution in [0.1, 0.15) is 30.8 Å². The van der Waals surface area contributed by atoms with Crippen molar-refractivity contribution in [3.05, 3.63) is 68.4 Å². The molecule has 3 aromatic rings. The van der Waals surface area contributed by atoms with E-state index in [1.54, 1.807) is 22.9 Å². The van der Waals surface area contributed by atoms with Gasteiger partial charge < -0.3 is 14.9 Å². The molecule has 0 unspecified atom stereocenters. The number of nitrogens with one attached hydrogen (secondary N) is 2. The number of nitrogens with zero attached hydrogens (tertiary/aromatic N) is 2. The van der Waals surface area contributed by atoms with E-state index in [1.165, 1.54) is 6.07 Å². The highest BCUT2D eigenvalue weighted by atomic mass is 79.9. The van der Waals surface area contributed by atoms with Crippen LogP contribution < -0.4 is 14.9 Å². The minimum atomic E-state index is -0.297. The topological polar surface area (TPSA) is 64.1 Å². The lowest BCUT2D eigenvalue weighted by atomic mass is 10.2. The van der Waals surface area contributed by atoms with Crippen LogP contribution in [0.25, 0.3) is 0 Å². The van der Waals surface area contributed by atoms with Crippen molar-refractivity contribution in [3.8, 4) is 11.5 Å². The van der Waals surface area contributed by atoms with Crippen molar-refractivity contribution in [2.24, 2.45) is 0 Å². The van der Waals surface area contributed by atoms with Gasteiger partial charge in [0.15, 0.2) is 17.3 Å². The van der Waals surface area contributed by atoms with Gasteiger partial charge in [0.05, 0.1) is 13.2 Å². The molecule has 0 saturated heterocycles. The third-order valence-electron chi connectivity index (χ3n) is 4.24. The number of halogens is 2. The summed E-state index contributed by atoms with van der Waals surface area (Å²) in [7, 11) is 0. The number of hydrogen-bond donors (Lipinski definition) is 2. The first-order valence-electron chi connectivity index (χ1n) is 9.25. The maximum Gasteiger partial charge on any atom is 0.214 e. The number of ether oxygens (including phenoxy) is 2. The van der Waals surface area contributed by atoms with E-state index in [9.17, 15) is 4.39 Å². The lowest BCUT2D eigenvalue weighted by Gasteiger charge is -2.16. The molecule has 2 N–H and O–H groups in total. The van der Waals surface area contributed by atoms with E-state index >= 15 is 0 Å². The summed E-state index contributed by atoms with van der Waals surface area (Å²) in [5.41, 5.74) is 4.71. The highest BCUT2D eigenvalue weighted by Gasteiger charge is 2.13. The number of aryl methyl sites for hydroxylation is 1. The van der Waals surface area contributed by atoms with Crippen LogP contribution in [0.15, 0.2) is 40.9 Å².